The second-order valence-electron chi connectivity index (χ2n) is 0.346. The number of rotatable bonds is 0. The molecule has 0 fully saturated rings. The van der Waals surface area contributed by atoms with E-state index in [0.717, 1.165) is 0 Å². The second-order valence-corrected chi connectivity index (χ2v) is 0.346. The Bertz CT molecular complexity index is 12.3. The van der Waals surface area contributed by atoms with E-state index in [1.165, 1.54) is 0 Å². The molecule has 0 bridgehead atoms. The monoisotopic (exact) mass is 290 g/mol. The van der Waals surface area contributed by atoms with Crippen LogP contribution in [0.1, 0.15) is 0 Å². The molecule has 0 aliphatic carbocycles. The van der Waals surface area contributed by atoms with Crippen molar-refractivity contribution in [2.24, 2.45) is 0 Å². The SMILES string of the molecule is O.OB(O)O.[PbH2]. The van der Waals surface area contributed by atoms with Crippen LogP contribution in [0.4, 0.5) is 0 Å². The zero-order valence-electron chi connectivity index (χ0n) is 3.13. The molecule has 6 heteroatoms. The van der Waals surface area contributed by atoms with Gasteiger partial charge in [-0.3, -0.25) is 0 Å². The van der Waals surface area contributed by atoms with Crippen LogP contribution in [0.2, 0.25) is 0 Å². The third-order valence-electron chi connectivity index (χ3n) is 0. The molecule has 5 N–H and O–H groups in total. The zero-order chi connectivity index (χ0) is 3.58. The van der Waals surface area contributed by atoms with Gasteiger partial charge in [0, 0.05) is 0 Å². The average Bonchev–Trinajstić information content (AvgIpc) is 0.811. The molecule has 0 aliphatic heterocycles. The van der Waals surface area contributed by atoms with Crippen LogP contribution in [0.15, 0.2) is 0 Å². The van der Waals surface area contributed by atoms with E-state index in [-0.39, 0.29) is 32.8 Å². The van der Waals surface area contributed by atoms with Crippen LogP contribution in [-0.2, 0) is 0 Å². The van der Waals surface area contributed by atoms with Gasteiger partial charge in [0.2, 0.25) is 0 Å². The molecular weight excluding hydrogens is 282 g/mol. The van der Waals surface area contributed by atoms with Crippen LogP contribution in [0, 0.1) is 0 Å². The molecule has 0 heterocycles. The molecule has 0 saturated heterocycles. The van der Waals surface area contributed by atoms with Gasteiger partial charge >= 0.3 is 34.6 Å². The summed E-state index contributed by atoms with van der Waals surface area (Å²) in [7, 11) is -2.17. The summed E-state index contributed by atoms with van der Waals surface area (Å²) in [5.41, 5.74) is 0. The average molecular weight is 289 g/mol. The summed E-state index contributed by atoms with van der Waals surface area (Å²) >= 11 is 0. The molecule has 0 aromatic rings. The first-order chi connectivity index (χ1) is 1.73. The topological polar surface area (TPSA) is 92.2 Å². The van der Waals surface area contributed by atoms with Gasteiger partial charge in [0.25, 0.3) is 0 Å². The summed E-state index contributed by atoms with van der Waals surface area (Å²) < 4.78 is 0. The summed E-state index contributed by atoms with van der Waals surface area (Å²) in [5.74, 6) is 0. The van der Waals surface area contributed by atoms with Gasteiger partial charge in [0.1, 0.15) is 0 Å². The van der Waals surface area contributed by atoms with E-state index >= 15 is 0 Å². The molecule has 0 atom stereocenters. The third kappa shape index (κ3) is 103. The van der Waals surface area contributed by atoms with E-state index in [1.54, 1.807) is 0 Å². The van der Waals surface area contributed by atoms with Gasteiger partial charge < -0.3 is 20.5 Å². The van der Waals surface area contributed by atoms with Crippen LogP contribution >= 0.6 is 0 Å². The molecule has 0 rings (SSSR count). The molecule has 4 nitrogen and oxygen atoms in total. The molecule has 0 spiro atoms. The van der Waals surface area contributed by atoms with Gasteiger partial charge in [-0.05, 0) is 0 Å². The Hall–Kier alpha value is 0.827. The van der Waals surface area contributed by atoms with E-state index in [0.29, 0.717) is 0 Å². The molecule has 0 unspecified atom stereocenters. The quantitative estimate of drug-likeness (QED) is 0.399. The van der Waals surface area contributed by atoms with Crippen LogP contribution in [0.25, 0.3) is 0 Å². The maximum absolute atomic E-state index is 7.17. The van der Waals surface area contributed by atoms with E-state index in [1.807, 2.05) is 0 Å². The predicted octanol–water partition coefficient (Wildman–Crippen LogP) is -3.79. The van der Waals surface area contributed by atoms with E-state index in [2.05, 4.69) is 0 Å². The van der Waals surface area contributed by atoms with Crippen molar-refractivity contribution < 1.29 is 20.5 Å². The van der Waals surface area contributed by atoms with Crippen molar-refractivity contribution in [3.63, 3.8) is 0 Å². The second kappa shape index (κ2) is 9.27. The standard InChI is InChI=1S/BH3O3.H2O.Pb.2H/c2-1(3)4;;;;/h2-4H;1H2;;;. The van der Waals surface area contributed by atoms with Crippen molar-refractivity contribution in [3.05, 3.63) is 0 Å². The fourth-order valence-electron chi connectivity index (χ4n) is 0. The molecular formula is H7BO4Pb. The minimum absolute atomic E-state index is 0. The predicted molar refractivity (Wildman–Crippen MR) is 24.6 cm³/mol. The first kappa shape index (κ1) is 15.8. The van der Waals surface area contributed by atoms with Crippen molar-refractivity contribution in [2.45, 2.75) is 0 Å². The molecule has 0 aromatic carbocycles. The molecule has 2 radical (unpaired) electrons. The van der Waals surface area contributed by atoms with Crippen molar-refractivity contribution >= 4 is 34.6 Å². The van der Waals surface area contributed by atoms with Crippen LogP contribution < -0.4 is 0 Å². The zero-order valence-corrected chi connectivity index (χ0v) is 8.62. The summed E-state index contributed by atoms with van der Waals surface area (Å²) in [6, 6.07) is 0. The Morgan fingerprint density at radius 1 is 1.00 bits per heavy atom. The van der Waals surface area contributed by atoms with Gasteiger partial charge in [-0.2, -0.15) is 0 Å². The van der Waals surface area contributed by atoms with Gasteiger partial charge in [0.15, 0.2) is 0 Å². The fourth-order valence-corrected chi connectivity index (χ4v) is 0. The molecule has 0 amide bonds. The van der Waals surface area contributed by atoms with Crippen LogP contribution in [-0.4, -0.2) is 55.2 Å². The Balaban J connectivity index is -0.0000000450. The van der Waals surface area contributed by atoms with Gasteiger partial charge in [-0.1, -0.05) is 0 Å². The summed E-state index contributed by atoms with van der Waals surface area (Å²) in [5, 5.41) is 21.5. The Kier molecular flexibility index (Phi) is 24.5. The van der Waals surface area contributed by atoms with Gasteiger partial charge in [-0.25, -0.2) is 0 Å². The fraction of sp³-hybridized carbons (Fsp3) is 0. The summed E-state index contributed by atoms with van der Waals surface area (Å²) in [4.78, 5) is 0. The molecule has 0 saturated carbocycles. The Labute approximate surface area is 55.4 Å². The van der Waals surface area contributed by atoms with Crippen LogP contribution in [0.3, 0.4) is 0 Å². The molecule has 38 valence electrons. The van der Waals surface area contributed by atoms with E-state index in [4.69, 9.17) is 15.1 Å². The Morgan fingerprint density at radius 3 is 1.00 bits per heavy atom. The first-order valence-electron chi connectivity index (χ1n) is 0.775. The molecule has 6 heavy (non-hydrogen) atoms. The van der Waals surface area contributed by atoms with Crippen LogP contribution in [0.5, 0.6) is 0 Å². The van der Waals surface area contributed by atoms with E-state index < -0.39 is 7.32 Å². The number of hydrogen-bond acceptors (Lipinski definition) is 3. The van der Waals surface area contributed by atoms with Gasteiger partial charge in [-0.15, -0.1) is 0 Å². The van der Waals surface area contributed by atoms with E-state index in [9.17, 15) is 0 Å². The van der Waals surface area contributed by atoms with Crippen molar-refractivity contribution in [3.8, 4) is 0 Å². The molecule has 0 aliphatic rings. The molecule has 0 aromatic heterocycles. The van der Waals surface area contributed by atoms with Crippen molar-refractivity contribution in [1.29, 1.82) is 0 Å². The number of hydrogen-bond donors (Lipinski definition) is 3. The normalized spacial score (nSPS) is 4.50. The summed E-state index contributed by atoms with van der Waals surface area (Å²) in [6.07, 6.45) is 0. The first-order valence-corrected chi connectivity index (χ1v) is 0.775. The minimum atomic E-state index is -2.17. The van der Waals surface area contributed by atoms with Gasteiger partial charge in [0.05, 0.1) is 0 Å². The Morgan fingerprint density at radius 2 is 1.00 bits per heavy atom. The third-order valence-corrected chi connectivity index (χ3v) is 0. The van der Waals surface area contributed by atoms with Crippen molar-refractivity contribution in [1.82, 2.24) is 0 Å². The van der Waals surface area contributed by atoms with Crippen molar-refractivity contribution in [2.75, 3.05) is 0 Å². The summed E-state index contributed by atoms with van der Waals surface area (Å²) in [6.45, 7) is 0. The maximum atomic E-state index is 7.17.